The molecule has 1 aromatic heterocycles. The maximum Gasteiger partial charge on any atom is 0.149 e. The number of aromatic nitrogens is 3. The summed E-state index contributed by atoms with van der Waals surface area (Å²) in [5.41, 5.74) is 0. The minimum absolute atomic E-state index is 0.00156. The monoisotopic (exact) mass is 310 g/mol. The van der Waals surface area contributed by atoms with E-state index in [1.165, 1.54) is 0 Å². The van der Waals surface area contributed by atoms with Crippen LogP contribution in [0.1, 0.15) is 18.8 Å². The lowest BCUT2D eigenvalue weighted by Gasteiger charge is -2.17. The Balaban J connectivity index is 1.75. The van der Waals surface area contributed by atoms with Gasteiger partial charge >= 0.3 is 0 Å². The number of halogens is 1. The van der Waals surface area contributed by atoms with Crippen LogP contribution in [0.2, 0.25) is 5.02 Å². The third-order valence-corrected chi connectivity index (χ3v) is 3.27. The van der Waals surface area contributed by atoms with E-state index in [-0.39, 0.29) is 12.6 Å². The van der Waals surface area contributed by atoms with Crippen molar-refractivity contribution in [1.82, 2.24) is 20.1 Å². The number of rotatable bonds is 7. The van der Waals surface area contributed by atoms with Crippen LogP contribution in [0.15, 0.2) is 30.6 Å². The summed E-state index contributed by atoms with van der Waals surface area (Å²) >= 11 is 5.86. The minimum atomic E-state index is -0.625. The van der Waals surface area contributed by atoms with Gasteiger partial charge in [0, 0.05) is 18.6 Å². The molecule has 1 aromatic carbocycles. The second kappa shape index (κ2) is 7.40. The lowest BCUT2D eigenvalue weighted by atomic mass is 10.3. The molecule has 1 heterocycles. The third-order valence-electron chi connectivity index (χ3n) is 3.03. The van der Waals surface area contributed by atoms with Crippen molar-refractivity contribution in [2.24, 2.45) is 7.05 Å². The molecule has 2 aromatic rings. The molecule has 0 aliphatic rings. The maximum atomic E-state index is 9.93. The van der Waals surface area contributed by atoms with Crippen LogP contribution in [0.25, 0.3) is 0 Å². The van der Waals surface area contributed by atoms with Crippen LogP contribution in [0.4, 0.5) is 0 Å². The first-order valence-electron chi connectivity index (χ1n) is 6.70. The van der Waals surface area contributed by atoms with Crippen molar-refractivity contribution in [2.75, 3.05) is 13.2 Å². The zero-order valence-electron chi connectivity index (χ0n) is 12.0. The van der Waals surface area contributed by atoms with Gasteiger partial charge in [-0.1, -0.05) is 17.7 Å². The van der Waals surface area contributed by atoms with Crippen LogP contribution in [-0.2, 0) is 7.05 Å². The Hall–Kier alpha value is -1.63. The van der Waals surface area contributed by atoms with Gasteiger partial charge in [0.15, 0.2) is 0 Å². The highest BCUT2D eigenvalue weighted by molar-refractivity contribution is 6.30. The van der Waals surface area contributed by atoms with Crippen LogP contribution in [0, 0.1) is 0 Å². The molecule has 0 saturated carbocycles. The van der Waals surface area contributed by atoms with E-state index in [0.717, 1.165) is 5.82 Å². The van der Waals surface area contributed by atoms with Gasteiger partial charge in [-0.25, -0.2) is 0 Å². The number of aryl methyl sites for hydroxylation is 1. The SMILES string of the molecule is CC(NCC(O)COc1cccc(Cl)c1)c1nncn1C. The Morgan fingerprint density at radius 2 is 2.29 bits per heavy atom. The van der Waals surface area contributed by atoms with E-state index >= 15 is 0 Å². The molecule has 0 aliphatic heterocycles. The summed E-state index contributed by atoms with van der Waals surface area (Å²) in [5.74, 6) is 1.46. The van der Waals surface area contributed by atoms with Gasteiger partial charge in [-0.3, -0.25) is 0 Å². The minimum Gasteiger partial charge on any atom is -0.491 e. The third kappa shape index (κ3) is 4.70. The van der Waals surface area contributed by atoms with E-state index in [9.17, 15) is 5.11 Å². The van der Waals surface area contributed by atoms with Gasteiger partial charge in [0.25, 0.3) is 0 Å². The number of aliphatic hydroxyl groups excluding tert-OH is 1. The molecule has 7 heteroatoms. The lowest BCUT2D eigenvalue weighted by molar-refractivity contribution is 0.104. The molecule has 2 rings (SSSR count). The first kappa shape index (κ1) is 15.8. The van der Waals surface area contributed by atoms with Crippen LogP contribution in [-0.4, -0.2) is 39.1 Å². The topological polar surface area (TPSA) is 72.2 Å². The standard InChI is InChI=1S/C14H19ClN4O2/c1-10(14-18-17-9-19(14)2)16-7-12(20)8-21-13-5-3-4-11(15)6-13/h3-6,9-10,12,16,20H,7-8H2,1-2H3. The van der Waals surface area contributed by atoms with Crippen LogP contribution in [0.3, 0.4) is 0 Å². The normalized spacial score (nSPS) is 13.9. The van der Waals surface area contributed by atoms with Crippen molar-refractivity contribution in [1.29, 1.82) is 0 Å². The first-order valence-corrected chi connectivity index (χ1v) is 7.07. The van der Waals surface area contributed by atoms with Gasteiger partial charge in [-0.2, -0.15) is 0 Å². The molecule has 2 atom stereocenters. The Kier molecular flexibility index (Phi) is 5.55. The van der Waals surface area contributed by atoms with Crippen LogP contribution >= 0.6 is 11.6 Å². The number of hydrogen-bond acceptors (Lipinski definition) is 5. The van der Waals surface area contributed by atoms with Crippen molar-refractivity contribution < 1.29 is 9.84 Å². The van der Waals surface area contributed by atoms with E-state index in [1.807, 2.05) is 18.5 Å². The summed E-state index contributed by atoms with van der Waals surface area (Å²) in [6.45, 7) is 2.56. The lowest BCUT2D eigenvalue weighted by Crippen LogP contribution is -2.33. The van der Waals surface area contributed by atoms with Gasteiger partial charge in [0.2, 0.25) is 0 Å². The molecule has 0 spiro atoms. The predicted octanol–water partition coefficient (Wildman–Crippen LogP) is 1.56. The smallest absolute Gasteiger partial charge is 0.149 e. The number of nitrogens with one attached hydrogen (secondary N) is 1. The van der Waals surface area contributed by atoms with Gasteiger partial charge in [0.1, 0.15) is 30.6 Å². The Bertz CT molecular complexity index is 576. The molecule has 2 N–H and O–H groups in total. The molecule has 0 saturated heterocycles. The Morgan fingerprint density at radius 3 is 2.95 bits per heavy atom. The Morgan fingerprint density at radius 1 is 1.48 bits per heavy atom. The average molecular weight is 311 g/mol. The summed E-state index contributed by atoms with van der Waals surface area (Å²) in [5, 5.41) is 21.6. The molecule has 0 fully saturated rings. The number of ether oxygens (including phenoxy) is 1. The zero-order valence-corrected chi connectivity index (χ0v) is 12.8. The van der Waals surface area contributed by atoms with E-state index < -0.39 is 6.10 Å². The van der Waals surface area contributed by atoms with E-state index in [4.69, 9.17) is 16.3 Å². The Labute approximate surface area is 128 Å². The van der Waals surface area contributed by atoms with Gasteiger partial charge in [-0.05, 0) is 25.1 Å². The number of hydrogen-bond donors (Lipinski definition) is 2. The highest BCUT2D eigenvalue weighted by atomic mass is 35.5. The second-order valence-corrected chi connectivity index (χ2v) is 5.29. The summed E-state index contributed by atoms with van der Waals surface area (Å²) in [7, 11) is 1.88. The van der Waals surface area contributed by atoms with Crippen molar-refractivity contribution in [3.63, 3.8) is 0 Å². The van der Waals surface area contributed by atoms with E-state index in [0.29, 0.717) is 17.3 Å². The molecule has 21 heavy (non-hydrogen) atoms. The summed E-state index contributed by atoms with van der Waals surface area (Å²) in [6, 6.07) is 7.09. The molecular weight excluding hydrogens is 292 g/mol. The highest BCUT2D eigenvalue weighted by Gasteiger charge is 2.13. The molecule has 0 amide bonds. The molecule has 114 valence electrons. The largest absolute Gasteiger partial charge is 0.491 e. The fourth-order valence-electron chi connectivity index (χ4n) is 1.90. The molecule has 0 bridgehead atoms. The maximum absolute atomic E-state index is 9.93. The summed E-state index contributed by atoms with van der Waals surface area (Å²) in [4.78, 5) is 0. The second-order valence-electron chi connectivity index (χ2n) is 4.85. The zero-order chi connectivity index (χ0) is 15.2. The van der Waals surface area contributed by atoms with Gasteiger partial charge < -0.3 is 19.7 Å². The molecular formula is C14H19ClN4O2. The summed E-state index contributed by atoms with van der Waals surface area (Å²) in [6.07, 6.45) is 1.02. The molecule has 6 nitrogen and oxygen atoms in total. The van der Waals surface area contributed by atoms with Crippen molar-refractivity contribution >= 4 is 11.6 Å². The fraction of sp³-hybridized carbons (Fsp3) is 0.429. The number of benzene rings is 1. The molecule has 0 aliphatic carbocycles. The fourth-order valence-corrected chi connectivity index (χ4v) is 2.08. The van der Waals surface area contributed by atoms with Gasteiger partial charge in [0.05, 0.1) is 6.04 Å². The van der Waals surface area contributed by atoms with Crippen molar-refractivity contribution in [2.45, 2.75) is 19.1 Å². The average Bonchev–Trinajstić information content (AvgIpc) is 2.89. The molecule has 2 unspecified atom stereocenters. The van der Waals surface area contributed by atoms with E-state index in [1.54, 1.807) is 30.6 Å². The predicted molar refractivity (Wildman–Crippen MR) is 80.4 cm³/mol. The quantitative estimate of drug-likeness (QED) is 0.812. The van der Waals surface area contributed by atoms with Crippen molar-refractivity contribution in [3.05, 3.63) is 41.4 Å². The summed E-state index contributed by atoms with van der Waals surface area (Å²) < 4.78 is 7.33. The van der Waals surface area contributed by atoms with Crippen molar-refractivity contribution in [3.8, 4) is 5.75 Å². The van der Waals surface area contributed by atoms with Crippen LogP contribution in [0.5, 0.6) is 5.75 Å². The van der Waals surface area contributed by atoms with Gasteiger partial charge in [-0.15, -0.1) is 10.2 Å². The van der Waals surface area contributed by atoms with E-state index in [2.05, 4.69) is 15.5 Å². The highest BCUT2D eigenvalue weighted by Crippen LogP contribution is 2.17. The number of nitrogens with zero attached hydrogens (tertiary/aromatic N) is 3. The molecule has 0 radical (unpaired) electrons. The first-order chi connectivity index (χ1) is 10.1. The van der Waals surface area contributed by atoms with Crippen LogP contribution < -0.4 is 10.1 Å². The number of aliphatic hydroxyl groups is 1.